The third-order valence-corrected chi connectivity index (χ3v) is 15.2. The fourth-order valence-electron chi connectivity index (χ4n) is 11.8. The summed E-state index contributed by atoms with van der Waals surface area (Å²) < 4.78 is 2.37. The van der Waals surface area contributed by atoms with E-state index in [0.29, 0.717) is 12.3 Å². The molecule has 74 heavy (non-hydrogen) atoms. The Morgan fingerprint density at radius 2 is 1.27 bits per heavy atom. The number of benzene rings is 9. The second-order valence-electron chi connectivity index (χ2n) is 19.4. The molecule has 1 aromatic heterocycles. The van der Waals surface area contributed by atoms with Crippen LogP contribution in [0.25, 0.3) is 67.1 Å². The van der Waals surface area contributed by atoms with Gasteiger partial charge in [-0.15, -0.1) is 0 Å². The van der Waals surface area contributed by atoms with Crippen molar-refractivity contribution in [3.63, 3.8) is 0 Å². The monoisotopic (exact) mass is 951 g/mol. The van der Waals surface area contributed by atoms with E-state index in [2.05, 4.69) is 255 Å². The molecular weight excluding hydrogens is 895 g/mol. The molecule has 0 radical (unpaired) electrons. The SMILES string of the molecule is CC/C=C\c1c(-c2ccc(-c3ccc4c(c3)c3ccccc3n4-c3ccccc3)cc2)ccc(C(=C/Cc2cccc3c2C2=CC(C=CC=C2)C3(c2ccccc2)c2ccccc2)/N=C(\N)c2ccccc2)c1C. The summed E-state index contributed by atoms with van der Waals surface area (Å²) in [5.41, 5.74) is 27.5. The maximum atomic E-state index is 6.97. The predicted octanol–water partition coefficient (Wildman–Crippen LogP) is 17.3. The standard InChI is InChI=1S/C71H57N3/c1-3-4-33-60-49(2)61(43-44-62(60)51-39-37-50(38-40-51)54-42-46-68-64(48-54)63-34-19-20-36-67(63)74(68)59-31-15-8-16-32-59)66(73-70(72)53-22-9-5-10-23-53)45-41-52-25-21-35-65-69(52)55-24-17-18-30-58(47-55)71(65,56-26-11-6-12-27-56)57-28-13-7-14-29-57/h4-40,42-48,58H,3,41H2,1-2H3,(H2,72,73)/b33-4-,66-45-. The Bertz CT molecular complexity index is 3850. The van der Waals surface area contributed by atoms with Crippen molar-refractivity contribution in [2.45, 2.75) is 32.1 Å². The number of aromatic nitrogens is 1. The molecule has 9 aromatic carbocycles. The van der Waals surface area contributed by atoms with E-state index in [1.807, 2.05) is 30.3 Å². The molecule has 2 aliphatic rings. The Labute approximate surface area is 435 Å². The van der Waals surface area contributed by atoms with Gasteiger partial charge in [-0.3, -0.25) is 0 Å². The van der Waals surface area contributed by atoms with Crippen LogP contribution >= 0.6 is 0 Å². The van der Waals surface area contributed by atoms with E-state index < -0.39 is 5.41 Å². The number of rotatable bonds is 12. The average Bonchev–Trinajstić information content (AvgIpc) is 3.64. The Balaban J connectivity index is 0.954. The van der Waals surface area contributed by atoms with Crippen molar-refractivity contribution in [3.8, 4) is 27.9 Å². The van der Waals surface area contributed by atoms with Gasteiger partial charge in [-0.2, -0.15) is 0 Å². The molecule has 2 N–H and O–H groups in total. The Morgan fingerprint density at radius 1 is 0.622 bits per heavy atom. The summed E-state index contributed by atoms with van der Waals surface area (Å²) in [7, 11) is 0. The molecule has 12 rings (SSSR count). The van der Waals surface area contributed by atoms with Crippen LogP contribution in [-0.4, -0.2) is 10.4 Å². The number of allylic oxidation sites excluding steroid dienone is 8. The molecule has 0 aliphatic heterocycles. The summed E-state index contributed by atoms with van der Waals surface area (Å²) in [6.07, 6.45) is 19.9. The number of fused-ring (bicyclic) bond motifs is 6. The van der Waals surface area contributed by atoms with E-state index >= 15 is 0 Å². The van der Waals surface area contributed by atoms with E-state index in [-0.39, 0.29) is 5.92 Å². The van der Waals surface area contributed by atoms with Crippen molar-refractivity contribution >= 4 is 45.0 Å². The van der Waals surface area contributed by atoms with E-state index in [0.717, 1.165) is 40.1 Å². The highest BCUT2D eigenvalue weighted by atomic mass is 15.0. The predicted molar refractivity (Wildman–Crippen MR) is 314 cm³/mol. The lowest BCUT2D eigenvalue weighted by Crippen LogP contribution is -2.39. The normalized spacial score (nSPS) is 15.1. The van der Waals surface area contributed by atoms with Crippen LogP contribution in [0.15, 0.2) is 266 Å². The minimum Gasteiger partial charge on any atom is -0.383 e. The molecule has 2 bridgehead atoms. The zero-order valence-electron chi connectivity index (χ0n) is 41.9. The van der Waals surface area contributed by atoms with Gasteiger partial charge in [0, 0.05) is 33.5 Å². The lowest BCUT2D eigenvalue weighted by atomic mass is 9.57. The van der Waals surface area contributed by atoms with Gasteiger partial charge in [0.15, 0.2) is 0 Å². The van der Waals surface area contributed by atoms with E-state index in [9.17, 15) is 0 Å². The lowest BCUT2D eigenvalue weighted by Gasteiger charge is -2.45. The maximum absolute atomic E-state index is 6.97. The molecule has 3 nitrogen and oxygen atoms in total. The fourth-order valence-corrected chi connectivity index (χ4v) is 11.8. The van der Waals surface area contributed by atoms with Gasteiger partial charge in [0.05, 0.1) is 22.1 Å². The third kappa shape index (κ3) is 8.17. The van der Waals surface area contributed by atoms with Gasteiger partial charge in [-0.05, 0) is 117 Å². The molecule has 0 spiro atoms. The van der Waals surface area contributed by atoms with Crippen molar-refractivity contribution in [1.29, 1.82) is 0 Å². The minimum atomic E-state index is -0.439. The Morgan fingerprint density at radius 3 is 2.00 bits per heavy atom. The van der Waals surface area contributed by atoms with Crippen LogP contribution < -0.4 is 5.73 Å². The van der Waals surface area contributed by atoms with Crippen LogP contribution in [0, 0.1) is 12.8 Å². The third-order valence-electron chi connectivity index (χ3n) is 15.2. The topological polar surface area (TPSA) is 43.3 Å². The number of para-hydroxylation sites is 2. The number of nitrogens with zero attached hydrogens (tertiary/aromatic N) is 2. The summed E-state index contributed by atoms with van der Waals surface area (Å²) in [5, 5.41) is 2.49. The van der Waals surface area contributed by atoms with Crippen LogP contribution in [0.4, 0.5) is 0 Å². The number of nitrogens with two attached hydrogens (primary N) is 1. The van der Waals surface area contributed by atoms with E-state index in [1.54, 1.807) is 0 Å². The quantitative estimate of drug-likeness (QED) is 0.0962. The highest BCUT2D eigenvalue weighted by Gasteiger charge is 2.46. The number of hydrogen-bond donors (Lipinski definition) is 1. The van der Waals surface area contributed by atoms with Crippen LogP contribution in [0.2, 0.25) is 0 Å². The fraction of sp³-hybridized carbons (Fsp3) is 0.0845. The van der Waals surface area contributed by atoms with Gasteiger partial charge in [0.1, 0.15) is 5.84 Å². The summed E-state index contributed by atoms with van der Waals surface area (Å²) in [6.45, 7) is 4.43. The summed E-state index contributed by atoms with van der Waals surface area (Å²) in [4.78, 5) is 5.33. The lowest BCUT2D eigenvalue weighted by molar-refractivity contribution is 0.517. The number of hydrogen-bond acceptors (Lipinski definition) is 1. The van der Waals surface area contributed by atoms with Gasteiger partial charge in [0.25, 0.3) is 0 Å². The summed E-state index contributed by atoms with van der Waals surface area (Å²) >= 11 is 0. The first-order chi connectivity index (χ1) is 36.5. The smallest absolute Gasteiger partial charge is 0.131 e. The average molecular weight is 952 g/mol. The first-order valence-electron chi connectivity index (χ1n) is 25.9. The van der Waals surface area contributed by atoms with Crippen LogP contribution in [0.3, 0.4) is 0 Å². The van der Waals surface area contributed by atoms with Crippen molar-refractivity contribution in [2.75, 3.05) is 0 Å². The maximum Gasteiger partial charge on any atom is 0.131 e. The van der Waals surface area contributed by atoms with Crippen LogP contribution in [-0.2, 0) is 11.8 Å². The summed E-state index contributed by atoms with van der Waals surface area (Å²) in [5.74, 6) is 0.590. The highest BCUT2D eigenvalue weighted by molar-refractivity contribution is 6.10. The van der Waals surface area contributed by atoms with Gasteiger partial charge in [0.2, 0.25) is 0 Å². The van der Waals surface area contributed by atoms with Gasteiger partial charge < -0.3 is 10.3 Å². The largest absolute Gasteiger partial charge is 0.383 e. The first kappa shape index (κ1) is 46.0. The molecule has 1 heterocycles. The molecule has 2 aliphatic carbocycles. The van der Waals surface area contributed by atoms with E-state index in [1.165, 1.54) is 77.5 Å². The Hall–Kier alpha value is -9.05. The molecule has 356 valence electrons. The van der Waals surface area contributed by atoms with Crippen molar-refractivity contribution in [2.24, 2.45) is 16.6 Å². The zero-order chi connectivity index (χ0) is 50.0. The van der Waals surface area contributed by atoms with Crippen molar-refractivity contribution in [3.05, 3.63) is 311 Å². The molecular formula is C71H57N3. The molecule has 0 fully saturated rings. The number of aliphatic imine (C=N–C) groups is 1. The molecule has 1 unspecified atom stereocenters. The molecule has 3 heteroatoms. The van der Waals surface area contributed by atoms with Crippen molar-refractivity contribution < 1.29 is 0 Å². The molecule has 10 aromatic rings. The highest BCUT2D eigenvalue weighted by Crippen LogP contribution is 2.54. The summed E-state index contributed by atoms with van der Waals surface area (Å²) in [6, 6.07) is 78.9. The molecule has 0 saturated carbocycles. The van der Waals surface area contributed by atoms with Gasteiger partial charge in [-0.1, -0.05) is 244 Å². The minimum absolute atomic E-state index is 0.109. The van der Waals surface area contributed by atoms with Crippen molar-refractivity contribution in [1.82, 2.24) is 4.57 Å². The Kier molecular flexibility index (Phi) is 12.4. The second kappa shape index (κ2) is 19.9. The molecule has 0 amide bonds. The number of amidine groups is 1. The van der Waals surface area contributed by atoms with Crippen LogP contribution in [0.5, 0.6) is 0 Å². The van der Waals surface area contributed by atoms with Gasteiger partial charge >= 0.3 is 0 Å². The first-order valence-corrected chi connectivity index (χ1v) is 25.9. The van der Waals surface area contributed by atoms with E-state index in [4.69, 9.17) is 10.7 Å². The zero-order valence-corrected chi connectivity index (χ0v) is 41.9. The van der Waals surface area contributed by atoms with Gasteiger partial charge in [-0.25, -0.2) is 4.99 Å². The molecule has 0 saturated heterocycles. The second-order valence-corrected chi connectivity index (χ2v) is 19.4. The molecule has 1 atom stereocenters. The van der Waals surface area contributed by atoms with Crippen LogP contribution in [0.1, 0.15) is 63.4 Å².